The van der Waals surface area contributed by atoms with E-state index in [0.29, 0.717) is 26.7 Å². The molecule has 0 saturated carbocycles. The number of hydrogen-bond donors (Lipinski definition) is 1. The molecule has 0 bridgehead atoms. The molecule has 1 N–H and O–H groups in total. The van der Waals surface area contributed by atoms with Crippen molar-refractivity contribution in [3.63, 3.8) is 0 Å². The number of halogens is 3. The molecule has 3 aromatic rings. The van der Waals surface area contributed by atoms with Crippen molar-refractivity contribution in [1.82, 2.24) is 10.2 Å². The smallest absolute Gasteiger partial charge is 0.261 e. The second kappa shape index (κ2) is 12.1. The van der Waals surface area contributed by atoms with Gasteiger partial charge in [-0.25, -0.2) is 0 Å². The van der Waals surface area contributed by atoms with Gasteiger partial charge in [-0.2, -0.15) is 0 Å². The SMILES string of the molecule is CNC(=O)[C@@H](Cc1ccccc1)N(Cc1ccc(Cl)cc1)C(=O)COc1ccc(Cl)cc1Br. The standard InChI is InChI=1S/C25H23BrCl2N2O3/c1-29-25(32)22(13-17-5-3-2-4-6-17)30(15-18-7-9-19(27)10-8-18)24(31)16-33-23-12-11-20(28)14-21(23)26/h2-12,14,22H,13,15-16H2,1H3,(H,29,32)/t22-/m1/s1. The van der Waals surface area contributed by atoms with Crippen LogP contribution in [0.25, 0.3) is 0 Å². The zero-order valence-electron chi connectivity index (χ0n) is 17.9. The van der Waals surface area contributed by atoms with E-state index in [1.807, 2.05) is 42.5 Å². The predicted octanol–water partition coefficient (Wildman–Crippen LogP) is 5.52. The molecule has 0 unspecified atom stereocenters. The lowest BCUT2D eigenvalue weighted by Gasteiger charge is -2.31. The normalized spacial score (nSPS) is 11.5. The largest absolute Gasteiger partial charge is 0.483 e. The number of carbonyl (C=O) groups excluding carboxylic acids is 2. The first kappa shape index (κ1) is 25.1. The molecular weight excluding hydrogens is 527 g/mol. The number of amides is 2. The molecule has 172 valence electrons. The zero-order valence-corrected chi connectivity index (χ0v) is 21.0. The lowest BCUT2D eigenvalue weighted by atomic mass is 10.0. The molecule has 1 atom stereocenters. The summed E-state index contributed by atoms with van der Waals surface area (Å²) in [5, 5.41) is 3.83. The van der Waals surface area contributed by atoms with E-state index in [0.717, 1.165) is 11.1 Å². The molecule has 0 aliphatic heterocycles. The number of carbonyl (C=O) groups is 2. The van der Waals surface area contributed by atoms with Crippen LogP contribution in [0.1, 0.15) is 11.1 Å². The van der Waals surface area contributed by atoms with Gasteiger partial charge < -0.3 is 15.0 Å². The summed E-state index contributed by atoms with van der Waals surface area (Å²) < 4.78 is 6.39. The van der Waals surface area contributed by atoms with Gasteiger partial charge in [-0.3, -0.25) is 9.59 Å². The molecule has 0 spiro atoms. The van der Waals surface area contributed by atoms with Crippen molar-refractivity contribution in [1.29, 1.82) is 0 Å². The van der Waals surface area contributed by atoms with Crippen LogP contribution in [-0.2, 0) is 22.6 Å². The highest BCUT2D eigenvalue weighted by atomic mass is 79.9. The van der Waals surface area contributed by atoms with Crippen LogP contribution < -0.4 is 10.1 Å². The van der Waals surface area contributed by atoms with Crippen molar-refractivity contribution < 1.29 is 14.3 Å². The Labute approximate surface area is 211 Å². The summed E-state index contributed by atoms with van der Waals surface area (Å²) in [4.78, 5) is 27.8. The van der Waals surface area contributed by atoms with Crippen molar-refractivity contribution in [3.05, 3.63) is 98.4 Å². The van der Waals surface area contributed by atoms with Crippen molar-refractivity contribution in [2.75, 3.05) is 13.7 Å². The highest BCUT2D eigenvalue weighted by Crippen LogP contribution is 2.28. The lowest BCUT2D eigenvalue weighted by molar-refractivity contribution is -0.142. The van der Waals surface area contributed by atoms with Gasteiger partial charge in [0, 0.05) is 30.1 Å². The molecule has 3 rings (SSSR count). The summed E-state index contributed by atoms with van der Waals surface area (Å²) in [7, 11) is 1.56. The van der Waals surface area contributed by atoms with Gasteiger partial charge in [0.05, 0.1) is 4.47 Å². The van der Waals surface area contributed by atoms with E-state index in [-0.39, 0.29) is 25.0 Å². The van der Waals surface area contributed by atoms with E-state index in [2.05, 4.69) is 21.2 Å². The van der Waals surface area contributed by atoms with Crippen molar-refractivity contribution in [2.45, 2.75) is 19.0 Å². The first-order valence-corrected chi connectivity index (χ1v) is 11.8. The Kier molecular flexibility index (Phi) is 9.18. The van der Waals surface area contributed by atoms with Gasteiger partial charge in [-0.05, 0) is 57.4 Å². The monoisotopic (exact) mass is 548 g/mol. The number of likely N-dealkylation sites (N-methyl/N-ethyl adjacent to an activating group) is 1. The molecule has 0 saturated heterocycles. The Morgan fingerprint density at radius 3 is 2.27 bits per heavy atom. The van der Waals surface area contributed by atoms with Gasteiger partial charge in [0.25, 0.3) is 5.91 Å². The van der Waals surface area contributed by atoms with Crippen molar-refractivity contribution in [3.8, 4) is 5.75 Å². The van der Waals surface area contributed by atoms with Crippen LogP contribution in [-0.4, -0.2) is 36.4 Å². The lowest BCUT2D eigenvalue weighted by Crippen LogP contribution is -2.51. The van der Waals surface area contributed by atoms with Crippen LogP contribution >= 0.6 is 39.1 Å². The first-order valence-electron chi connectivity index (χ1n) is 10.2. The van der Waals surface area contributed by atoms with Crippen LogP contribution in [0.3, 0.4) is 0 Å². The molecular formula is C25H23BrCl2N2O3. The fraction of sp³-hybridized carbons (Fsp3) is 0.200. The van der Waals surface area contributed by atoms with Gasteiger partial charge >= 0.3 is 0 Å². The fourth-order valence-corrected chi connectivity index (χ4v) is 4.24. The first-order chi connectivity index (χ1) is 15.9. The van der Waals surface area contributed by atoms with Crippen LogP contribution in [0.2, 0.25) is 10.0 Å². The van der Waals surface area contributed by atoms with Crippen LogP contribution in [0.4, 0.5) is 0 Å². The predicted molar refractivity (Wildman–Crippen MR) is 135 cm³/mol. The van der Waals surface area contributed by atoms with E-state index in [9.17, 15) is 9.59 Å². The number of hydrogen-bond acceptors (Lipinski definition) is 3. The zero-order chi connectivity index (χ0) is 23.8. The topological polar surface area (TPSA) is 58.6 Å². The third kappa shape index (κ3) is 7.22. The molecule has 0 aliphatic carbocycles. The molecule has 8 heteroatoms. The van der Waals surface area contributed by atoms with E-state index in [4.69, 9.17) is 27.9 Å². The molecule has 0 aromatic heterocycles. The second-order valence-corrected chi connectivity index (χ2v) is 9.06. The van der Waals surface area contributed by atoms with E-state index in [1.165, 1.54) is 0 Å². The number of rotatable bonds is 9. The molecule has 2 amide bonds. The Hall–Kier alpha value is -2.54. The molecule has 0 heterocycles. The quantitative estimate of drug-likeness (QED) is 0.382. The maximum atomic E-state index is 13.4. The van der Waals surface area contributed by atoms with Crippen LogP contribution in [0, 0.1) is 0 Å². The summed E-state index contributed by atoms with van der Waals surface area (Å²) in [5.74, 6) is -0.0936. The Bertz CT molecular complexity index is 1090. The van der Waals surface area contributed by atoms with Gasteiger partial charge in [0.1, 0.15) is 11.8 Å². The van der Waals surface area contributed by atoms with Crippen molar-refractivity contribution in [2.24, 2.45) is 0 Å². The molecule has 0 aliphatic rings. The maximum Gasteiger partial charge on any atom is 0.261 e. The average molecular weight is 550 g/mol. The molecule has 5 nitrogen and oxygen atoms in total. The Balaban J connectivity index is 1.87. The van der Waals surface area contributed by atoms with E-state index >= 15 is 0 Å². The number of ether oxygens (including phenoxy) is 1. The Morgan fingerprint density at radius 2 is 1.64 bits per heavy atom. The highest BCUT2D eigenvalue weighted by molar-refractivity contribution is 9.10. The minimum absolute atomic E-state index is 0.228. The second-order valence-electron chi connectivity index (χ2n) is 7.33. The Morgan fingerprint density at radius 1 is 0.970 bits per heavy atom. The minimum Gasteiger partial charge on any atom is -0.483 e. The van der Waals surface area contributed by atoms with Gasteiger partial charge in [-0.15, -0.1) is 0 Å². The van der Waals surface area contributed by atoms with Crippen molar-refractivity contribution >= 4 is 50.9 Å². The number of nitrogens with zero attached hydrogens (tertiary/aromatic N) is 1. The third-order valence-electron chi connectivity index (χ3n) is 5.03. The van der Waals surface area contributed by atoms with Gasteiger partial charge in [0.15, 0.2) is 6.61 Å². The van der Waals surface area contributed by atoms with Crippen LogP contribution in [0.5, 0.6) is 5.75 Å². The molecule has 0 fully saturated rings. The summed E-state index contributed by atoms with van der Waals surface area (Å²) in [6.07, 6.45) is 0.366. The highest BCUT2D eigenvalue weighted by Gasteiger charge is 2.30. The third-order valence-corrected chi connectivity index (χ3v) is 6.14. The van der Waals surface area contributed by atoms with Crippen LogP contribution in [0.15, 0.2) is 77.3 Å². The summed E-state index contributed by atoms with van der Waals surface area (Å²) >= 11 is 15.4. The number of benzene rings is 3. The summed E-state index contributed by atoms with van der Waals surface area (Å²) in [6.45, 7) is -0.0117. The number of nitrogens with one attached hydrogen (secondary N) is 1. The van der Waals surface area contributed by atoms with E-state index < -0.39 is 6.04 Å². The molecule has 33 heavy (non-hydrogen) atoms. The average Bonchev–Trinajstić information content (AvgIpc) is 2.82. The van der Waals surface area contributed by atoms with E-state index in [1.54, 1.807) is 42.3 Å². The maximum absolute atomic E-state index is 13.4. The fourth-order valence-electron chi connectivity index (χ4n) is 3.32. The summed E-state index contributed by atoms with van der Waals surface area (Å²) in [6, 6.07) is 21.1. The minimum atomic E-state index is -0.724. The summed E-state index contributed by atoms with van der Waals surface area (Å²) in [5.41, 5.74) is 1.80. The molecule has 0 radical (unpaired) electrons. The molecule has 3 aromatic carbocycles. The van der Waals surface area contributed by atoms with Gasteiger partial charge in [-0.1, -0.05) is 65.7 Å². The van der Waals surface area contributed by atoms with Gasteiger partial charge in [0.2, 0.25) is 5.91 Å².